The van der Waals surface area contributed by atoms with Crippen LogP contribution in [-0.2, 0) is 9.47 Å². The van der Waals surface area contributed by atoms with E-state index in [0.29, 0.717) is 18.1 Å². The van der Waals surface area contributed by atoms with Gasteiger partial charge in [0.05, 0.1) is 12.3 Å². The summed E-state index contributed by atoms with van der Waals surface area (Å²) >= 11 is 0. The highest BCUT2D eigenvalue weighted by atomic mass is 16.5. The highest BCUT2D eigenvalue weighted by Crippen LogP contribution is 2.22. The average Bonchev–Trinajstić information content (AvgIpc) is 2.35. The molecule has 0 spiro atoms. The third-order valence-corrected chi connectivity index (χ3v) is 2.64. The molecule has 106 valence electrons. The van der Waals surface area contributed by atoms with E-state index >= 15 is 0 Å². The number of nitrogen functional groups attached to an aromatic ring is 1. The predicted octanol–water partition coefficient (Wildman–Crippen LogP) is 2.03. The van der Waals surface area contributed by atoms with Crippen LogP contribution < -0.4 is 5.73 Å². The van der Waals surface area contributed by atoms with E-state index in [1.807, 2.05) is 13.8 Å². The van der Waals surface area contributed by atoms with Gasteiger partial charge in [-0.15, -0.1) is 0 Å². The number of hydrogen-bond donors (Lipinski definition) is 1. The Kier molecular flexibility index (Phi) is 5.69. The summed E-state index contributed by atoms with van der Waals surface area (Å²) in [6.45, 7) is 8.20. The summed E-state index contributed by atoms with van der Waals surface area (Å²) in [5.74, 6) is 0.153. The van der Waals surface area contributed by atoms with Crippen molar-refractivity contribution in [2.75, 3.05) is 18.9 Å². The maximum atomic E-state index is 11.7. The zero-order valence-corrected chi connectivity index (χ0v) is 11.9. The molecule has 1 aromatic heterocycles. The smallest absolute Gasteiger partial charge is 0.343 e. The minimum absolute atomic E-state index is 0.138. The van der Waals surface area contributed by atoms with Crippen molar-refractivity contribution in [3.8, 4) is 0 Å². The van der Waals surface area contributed by atoms with Crippen LogP contribution in [0.25, 0.3) is 0 Å². The molecule has 19 heavy (non-hydrogen) atoms. The molecular formula is C13H21N3O3. The number of carbonyl (C=O) groups is 1. The van der Waals surface area contributed by atoms with Gasteiger partial charge in [0.15, 0.2) is 5.82 Å². The number of esters is 1. The van der Waals surface area contributed by atoms with Crippen molar-refractivity contribution in [1.29, 1.82) is 0 Å². The number of nitrogens with two attached hydrogens (primary N) is 1. The molecule has 0 aromatic carbocycles. The summed E-state index contributed by atoms with van der Waals surface area (Å²) in [6, 6.07) is 0. The van der Waals surface area contributed by atoms with Crippen LogP contribution in [0.15, 0.2) is 0 Å². The minimum Gasteiger partial charge on any atom is -0.462 e. The van der Waals surface area contributed by atoms with Crippen molar-refractivity contribution in [2.45, 2.75) is 40.2 Å². The number of nitrogens with zero attached hydrogens (tertiary/aromatic N) is 2. The Morgan fingerprint density at radius 3 is 2.42 bits per heavy atom. The molecule has 0 saturated carbocycles. The van der Waals surface area contributed by atoms with E-state index in [4.69, 9.17) is 15.2 Å². The van der Waals surface area contributed by atoms with Crippen molar-refractivity contribution < 1.29 is 14.3 Å². The Morgan fingerprint density at radius 2 is 1.95 bits per heavy atom. The van der Waals surface area contributed by atoms with Gasteiger partial charge in [-0.25, -0.2) is 14.8 Å². The molecule has 0 fully saturated rings. The summed E-state index contributed by atoms with van der Waals surface area (Å²) in [4.78, 5) is 20.2. The molecule has 1 rings (SSSR count). The summed E-state index contributed by atoms with van der Waals surface area (Å²) in [5.41, 5.74) is 6.58. The van der Waals surface area contributed by atoms with Gasteiger partial charge in [-0.1, -0.05) is 6.92 Å². The van der Waals surface area contributed by atoms with E-state index in [1.165, 1.54) is 0 Å². The van der Waals surface area contributed by atoms with Gasteiger partial charge in [-0.3, -0.25) is 0 Å². The summed E-state index contributed by atoms with van der Waals surface area (Å²) in [7, 11) is 0. The Labute approximate surface area is 113 Å². The molecule has 0 amide bonds. The van der Waals surface area contributed by atoms with Gasteiger partial charge < -0.3 is 15.2 Å². The molecule has 1 unspecified atom stereocenters. The van der Waals surface area contributed by atoms with Gasteiger partial charge in [0.25, 0.3) is 0 Å². The monoisotopic (exact) mass is 267 g/mol. The number of aryl methyl sites for hydroxylation is 1. The van der Waals surface area contributed by atoms with Crippen LogP contribution >= 0.6 is 0 Å². The SMILES string of the molecule is CCOC(=O)c1c(C)nc(C(CC)OCC)nc1N. The molecule has 0 saturated heterocycles. The molecule has 0 aliphatic rings. The summed E-state index contributed by atoms with van der Waals surface area (Å²) in [5, 5.41) is 0. The standard InChI is InChI=1S/C13H21N3O3/c1-5-9(18-6-2)12-15-8(4)10(11(14)16-12)13(17)19-7-3/h9H,5-7H2,1-4H3,(H2,14,15,16). The first kappa shape index (κ1) is 15.4. The first-order valence-corrected chi connectivity index (χ1v) is 6.47. The fraction of sp³-hybridized carbons (Fsp3) is 0.615. The fourth-order valence-electron chi connectivity index (χ4n) is 1.79. The molecule has 6 nitrogen and oxygen atoms in total. The van der Waals surface area contributed by atoms with E-state index < -0.39 is 5.97 Å². The van der Waals surface area contributed by atoms with Gasteiger partial charge in [-0.05, 0) is 27.2 Å². The number of anilines is 1. The molecule has 0 bridgehead atoms. The third-order valence-electron chi connectivity index (χ3n) is 2.64. The van der Waals surface area contributed by atoms with Crippen molar-refractivity contribution >= 4 is 11.8 Å². The molecule has 0 aliphatic carbocycles. The molecule has 1 aromatic rings. The van der Waals surface area contributed by atoms with Gasteiger partial charge in [0.2, 0.25) is 0 Å². The number of aromatic nitrogens is 2. The first-order chi connectivity index (χ1) is 9.04. The summed E-state index contributed by atoms with van der Waals surface area (Å²) < 4.78 is 10.5. The zero-order chi connectivity index (χ0) is 14.4. The summed E-state index contributed by atoms with van der Waals surface area (Å²) in [6.07, 6.45) is 0.535. The lowest BCUT2D eigenvalue weighted by molar-refractivity contribution is 0.0507. The van der Waals surface area contributed by atoms with Gasteiger partial charge in [-0.2, -0.15) is 0 Å². The molecule has 1 heterocycles. The lowest BCUT2D eigenvalue weighted by Crippen LogP contribution is -2.17. The Morgan fingerprint density at radius 1 is 1.26 bits per heavy atom. The quantitative estimate of drug-likeness (QED) is 0.793. The van der Waals surface area contributed by atoms with E-state index in [2.05, 4.69) is 9.97 Å². The minimum atomic E-state index is -0.492. The van der Waals surface area contributed by atoms with Crippen molar-refractivity contribution in [1.82, 2.24) is 9.97 Å². The number of rotatable bonds is 6. The van der Waals surface area contributed by atoms with E-state index in [-0.39, 0.29) is 24.1 Å². The van der Waals surface area contributed by atoms with Crippen LogP contribution in [0.5, 0.6) is 0 Å². The van der Waals surface area contributed by atoms with E-state index in [0.717, 1.165) is 6.42 Å². The van der Waals surface area contributed by atoms with Crippen LogP contribution in [0.3, 0.4) is 0 Å². The second-order valence-corrected chi connectivity index (χ2v) is 4.00. The molecule has 0 radical (unpaired) electrons. The van der Waals surface area contributed by atoms with Crippen molar-refractivity contribution in [3.63, 3.8) is 0 Å². The van der Waals surface area contributed by atoms with Crippen LogP contribution in [0.4, 0.5) is 5.82 Å². The Bertz CT molecular complexity index is 426. The van der Waals surface area contributed by atoms with E-state index in [9.17, 15) is 4.79 Å². The highest BCUT2D eigenvalue weighted by molar-refractivity contribution is 5.95. The first-order valence-electron chi connectivity index (χ1n) is 6.47. The largest absolute Gasteiger partial charge is 0.462 e. The van der Waals surface area contributed by atoms with Gasteiger partial charge in [0, 0.05) is 6.61 Å². The second-order valence-electron chi connectivity index (χ2n) is 4.00. The molecule has 1 atom stereocenters. The molecular weight excluding hydrogens is 246 g/mol. The fourth-order valence-corrected chi connectivity index (χ4v) is 1.79. The lowest BCUT2D eigenvalue weighted by Gasteiger charge is -2.16. The molecule has 6 heteroatoms. The maximum absolute atomic E-state index is 11.7. The average molecular weight is 267 g/mol. The number of carbonyl (C=O) groups excluding carboxylic acids is 1. The zero-order valence-electron chi connectivity index (χ0n) is 11.9. The van der Waals surface area contributed by atoms with Gasteiger partial charge >= 0.3 is 5.97 Å². The lowest BCUT2D eigenvalue weighted by atomic mass is 10.2. The second kappa shape index (κ2) is 7.04. The van der Waals surface area contributed by atoms with Crippen molar-refractivity contribution in [2.24, 2.45) is 0 Å². The van der Waals surface area contributed by atoms with Gasteiger partial charge in [0.1, 0.15) is 17.5 Å². The third kappa shape index (κ3) is 3.64. The van der Waals surface area contributed by atoms with Crippen LogP contribution in [0.1, 0.15) is 55.2 Å². The van der Waals surface area contributed by atoms with Crippen LogP contribution in [0, 0.1) is 6.92 Å². The van der Waals surface area contributed by atoms with Crippen molar-refractivity contribution in [3.05, 3.63) is 17.1 Å². The Balaban J connectivity index is 3.12. The molecule has 2 N–H and O–H groups in total. The molecule has 0 aliphatic heterocycles. The topological polar surface area (TPSA) is 87.3 Å². The maximum Gasteiger partial charge on any atom is 0.343 e. The Hall–Kier alpha value is -1.69. The highest BCUT2D eigenvalue weighted by Gasteiger charge is 2.21. The predicted molar refractivity (Wildman–Crippen MR) is 71.8 cm³/mol. The number of hydrogen-bond acceptors (Lipinski definition) is 6. The normalized spacial score (nSPS) is 12.2. The van der Waals surface area contributed by atoms with Crippen LogP contribution in [-0.4, -0.2) is 29.2 Å². The van der Waals surface area contributed by atoms with Crippen LogP contribution in [0.2, 0.25) is 0 Å². The van der Waals surface area contributed by atoms with E-state index in [1.54, 1.807) is 13.8 Å². The number of ether oxygens (including phenoxy) is 2.